The van der Waals surface area contributed by atoms with E-state index < -0.39 is 0 Å². The molecular formula is C19H18N4O2. The van der Waals surface area contributed by atoms with Crippen LogP contribution in [0.25, 0.3) is 11.4 Å². The Morgan fingerprint density at radius 2 is 2.16 bits per heavy atom. The second-order valence-electron chi connectivity index (χ2n) is 6.20. The van der Waals surface area contributed by atoms with Crippen molar-refractivity contribution in [1.29, 1.82) is 0 Å². The Morgan fingerprint density at radius 1 is 1.24 bits per heavy atom. The van der Waals surface area contributed by atoms with Gasteiger partial charge >= 0.3 is 0 Å². The summed E-state index contributed by atoms with van der Waals surface area (Å²) in [5.74, 6) is 0.938. The third-order valence-electron chi connectivity index (χ3n) is 4.40. The molecule has 1 aromatic carbocycles. The average Bonchev–Trinajstić information content (AvgIpc) is 3.31. The molecule has 0 unspecified atom stereocenters. The van der Waals surface area contributed by atoms with Gasteiger partial charge in [0, 0.05) is 18.3 Å². The lowest BCUT2D eigenvalue weighted by Crippen LogP contribution is -2.31. The van der Waals surface area contributed by atoms with Crippen molar-refractivity contribution in [2.24, 2.45) is 0 Å². The number of benzene rings is 1. The lowest BCUT2D eigenvalue weighted by atomic mass is 10.1. The first kappa shape index (κ1) is 15.5. The maximum Gasteiger partial charge on any atom is 0.273 e. The number of aromatic nitrogens is 3. The van der Waals surface area contributed by atoms with Gasteiger partial charge in [0.15, 0.2) is 0 Å². The highest BCUT2D eigenvalue weighted by Gasteiger charge is 2.35. The lowest BCUT2D eigenvalue weighted by molar-refractivity contribution is 0.0704. The number of nitrogens with zero attached hydrogens (tertiary/aromatic N) is 4. The van der Waals surface area contributed by atoms with Crippen LogP contribution in [0, 0.1) is 6.92 Å². The van der Waals surface area contributed by atoms with Crippen LogP contribution in [0.3, 0.4) is 0 Å². The standard InChI is InChI=1S/C19H18N4O2/c1-13-6-4-7-14(12-13)17-21-18(25-22-17)16-9-5-11-23(16)19(24)15-8-2-3-10-20-15/h2-4,6-8,10,12,16H,5,9,11H2,1H3/t16-/m0/s1. The van der Waals surface area contributed by atoms with Gasteiger partial charge in [-0.1, -0.05) is 35.0 Å². The first-order valence-corrected chi connectivity index (χ1v) is 8.35. The summed E-state index contributed by atoms with van der Waals surface area (Å²) in [5, 5.41) is 4.10. The summed E-state index contributed by atoms with van der Waals surface area (Å²) in [7, 11) is 0. The maximum atomic E-state index is 12.7. The fourth-order valence-electron chi connectivity index (χ4n) is 3.17. The van der Waals surface area contributed by atoms with Crippen LogP contribution in [0.1, 0.15) is 40.8 Å². The first-order valence-electron chi connectivity index (χ1n) is 8.35. The first-order chi connectivity index (χ1) is 12.2. The minimum atomic E-state index is -0.194. The Morgan fingerprint density at radius 3 is 2.96 bits per heavy atom. The second-order valence-corrected chi connectivity index (χ2v) is 6.20. The van der Waals surface area contributed by atoms with E-state index in [0.717, 1.165) is 24.0 Å². The molecule has 6 heteroatoms. The summed E-state index contributed by atoms with van der Waals surface area (Å²) in [5.41, 5.74) is 2.49. The van der Waals surface area contributed by atoms with Gasteiger partial charge in [-0.2, -0.15) is 4.98 Å². The molecule has 0 saturated carbocycles. The van der Waals surface area contributed by atoms with Gasteiger partial charge in [-0.05, 0) is 38.0 Å². The number of amides is 1. The van der Waals surface area contributed by atoms with Gasteiger partial charge in [0.2, 0.25) is 11.7 Å². The SMILES string of the molecule is Cc1cccc(-c2noc([C@@H]3CCCN3C(=O)c3ccccn3)n2)c1. The third-order valence-corrected chi connectivity index (χ3v) is 4.40. The highest BCUT2D eigenvalue weighted by molar-refractivity contribution is 5.92. The van der Waals surface area contributed by atoms with Crippen LogP contribution in [0.2, 0.25) is 0 Å². The van der Waals surface area contributed by atoms with Crippen LogP contribution in [-0.2, 0) is 0 Å². The smallest absolute Gasteiger partial charge is 0.273 e. The predicted molar refractivity (Wildman–Crippen MR) is 91.7 cm³/mol. The molecule has 0 bridgehead atoms. The molecule has 126 valence electrons. The van der Waals surface area contributed by atoms with E-state index >= 15 is 0 Å². The number of rotatable bonds is 3. The molecule has 0 spiro atoms. The van der Waals surface area contributed by atoms with E-state index in [0.29, 0.717) is 24.0 Å². The van der Waals surface area contributed by atoms with Crippen molar-refractivity contribution in [1.82, 2.24) is 20.0 Å². The molecule has 1 saturated heterocycles. The largest absolute Gasteiger partial charge is 0.337 e. The van der Waals surface area contributed by atoms with Crippen LogP contribution in [0.4, 0.5) is 0 Å². The van der Waals surface area contributed by atoms with Crippen molar-refractivity contribution >= 4 is 5.91 Å². The average molecular weight is 334 g/mol. The molecule has 2 aromatic heterocycles. The molecule has 1 aliphatic heterocycles. The Kier molecular flexibility index (Phi) is 4.01. The van der Waals surface area contributed by atoms with Gasteiger partial charge in [-0.3, -0.25) is 9.78 Å². The molecule has 1 fully saturated rings. The topological polar surface area (TPSA) is 72.1 Å². The molecular weight excluding hydrogens is 316 g/mol. The molecule has 6 nitrogen and oxygen atoms in total. The van der Waals surface area contributed by atoms with Crippen molar-refractivity contribution < 1.29 is 9.32 Å². The summed E-state index contributed by atoms with van der Waals surface area (Å²) in [6, 6.07) is 13.1. The predicted octanol–water partition coefficient (Wildman–Crippen LogP) is 3.42. The Labute approximate surface area is 145 Å². The zero-order valence-electron chi connectivity index (χ0n) is 13.9. The molecule has 3 heterocycles. The van der Waals surface area contributed by atoms with Crippen molar-refractivity contribution in [2.45, 2.75) is 25.8 Å². The molecule has 0 aliphatic carbocycles. The third kappa shape index (κ3) is 3.03. The van der Waals surface area contributed by atoms with Crippen molar-refractivity contribution in [3.8, 4) is 11.4 Å². The summed E-state index contributed by atoms with van der Waals surface area (Å²) in [6.07, 6.45) is 3.35. The van der Waals surface area contributed by atoms with Crippen LogP contribution >= 0.6 is 0 Å². The van der Waals surface area contributed by atoms with E-state index in [1.807, 2.05) is 37.3 Å². The molecule has 1 atom stereocenters. The number of carbonyl (C=O) groups is 1. The number of likely N-dealkylation sites (tertiary alicyclic amines) is 1. The van der Waals surface area contributed by atoms with Gasteiger partial charge in [0.05, 0.1) is 0 Å². The second kappa shape index (κ2) is 6.47. The van der Waals surface area contributed by atoms with Crippen LogP contribution in [-0.4, -0.2) is 32.5 Å². The zero-order chi connectivity index (χ0) is 17.2. The molecule has 1 aliphatic rings. The quantitative estimate of drug-likeness (QED) is 0.734. The Hall–Kier alpha value is -3.02. The molecule has 0 radical (unpaired) electrons. The van der Waals surface area contributed by atoms with E-state index in [9.17, 15) is 4.79 Å². The highest BCUT2D eigenvalue weighted by Crippen LogP contribution is 2.33. The Balaban J connectivity index is 1.60. The summed E-state index contributed by atoms with van der Waals surface area (Å²) >= 11 is 0. The number of hydrogen-bond donors (Lipinski definition) is 0. The van der Waals surface area contributed by atoms with Crippen molar-refractivity contribution in [2.75, 3.05) is 6.54 Å². The van der Waals surface area contributed by atoms with E-state index in [4.69, 9.17) is 4.52 Å². The van der Waals surface area contributed by atoms with Crippen LogP contribution < -0.4 is 0 Å². The summed E-state index contributed by atoms with van der Waals surface area (Å²) in [4.78, 5) is 23.2. The number of hydrogen-bond acceptors (Lipinski definition) is 5. The maximum absolute atomic E-state index is 12.7. The molecule has 3 aromatic rings. The van der Waals surface area contributed by atoms with E-state index in [-0.39, 0.29) is 11.9 Å². The summed E-state index contributed by atoms with van der Waals surface area (Å²) in [6.45, 7) is 2.69. The van der Waals surface area contributed by atoms with Gasteiger partial charge in [-0.15, -0.1) is 0 Å². The van der Waals surface area contributed by atoms with Crippen LogP contribution in [0.15, 0.2) is 53.2 Å². The Bertz CT molecular complexity index is 891. The van der Waals surface area contributed by atoms with Crippen LogP contribution in [0.5, 0.6) is 0 Å². The minimum Gasteiger partial charge on any atom is -0.337 e. The van der Waals surface area contributed by atoms with Gasteiger partial charge in [0.1, 0.15) is 11.7 Å². The van der Waals surface area contributed by atoms with Crippen molar-refractivity contribution in [3.63, 3.8) is 0 Å². The van der Waals surface area contributed by atoms with Gasteiger partial charge in [-0.25, -0.2) is 0 Å². The van der Waals surface area contributed by atoms with Gasteiger partial charge in [0.25, 0.3) is 5.91 Å². The molecule has 4 rings (SSSR count). The zero-order valence-corrected chi connectivity index (χ0v) is 13.9. The normalized spacial score (nSPS) is 17.0. The lowest BCUT2D eigenvalue weighted by Gasteiger charge is -2.21. The number of pyridine rings is 1. The summed E-state index contributed by atoms with van der Waals surface area (Å²) < 4.78 is 5.48. The fourth-order valence-corrected chi connectivity index (χ4v) is 3.17. The van der Waals surface area contributed by atoms with E-state index in [2.05, 4.69) is 15.1 Å². The molecule has 25 heavy (non-hydrogen) atoms. The van der Waals surface area contributed by atoms with Gasteiger partial charge < -0.3 is 9.42 Å². The highest BCUT2D eigenvalue weighted by atomic mass is 16.5. The van der Waals surface area contributed by atoms with E-state index in [1.54, 1.807) is 23.2 Å². The fraction of sp³-hybridized carbons (Fsp3) is 0.263. The number of carbonyl (C=O) groups excluding carboxylic acids is 1. The monoisotopic (exact) mass is 334 g/mol. The van der Waals surface area contributed by atoms with E-state index in [1.165, 1.54) is 0 Å². The van der Waals surface area contributed by atoms with Crippen molar-refractivity contribution in [3.05, 3.63) is 65.8 Å². The number of aryl methyl sites for hydroxylation is 1. The molecule has 0 N–H and O–H groups in total. The molecule has 1 amide bonds. The minimum absolute atomic E-state index is 0.0987.